The van der Waals surface area contributed by atoms with Crippen LogP contribution in [0, 0.1) is 20.8 Å². The fourth-order valence-electron chi connectivity index (χ4n) is 4.88. The fourth-order valence-corrected chi connectivity index (χ4v) is 6.22. The monoisotopic (exact) mass is 612 g/mol. The molecule has 2 aromatic heterocycles. The molecule has 1 amide bonds. The number of nitrogens with two attached hydrogens (primary N) is 1. The highest BCUT2D eigenvalue weighted by Crippen LogP contribution is 2.39. The Kier molecular flexibility index (Phi) is 9.28. The van der Waals surface area contributed by atoms with Crippen molar-refractivity contribution < 1.29 is 14.7 Å². The van der Waals surface area contributed by atoms with E-state index in [-0.39, 0.29) is 30.3 Å². The number of aryl methyl sites for hydroxylation is 3. The van der Waals surface area contributed by atoms with Crippen LogP contribution in [0.3, 0.4) is 0 Å². The van der Waals surface area contributed by atoms with Crippen LogP contribution in [-0.4, -0.2) is 44.0 Å². The van der Waals surface area contributed by atoms with Gasteiger partial charge >= 0.3 is 5.97 Å². The molecule has 2 aromatic carbocycles. The summed E-state index contributed by atoms with van der Waals surface area (Å²) < 4.78 is 1.99. The number of hydrogen-bond acceptors (Lipinski definition) is 7. The lowest BCUT2D eigenvalue weighted by Crippen LogP contribution is -2.18. The van der Waals surface area contributed by atoms with Crippen molar-refractivity contribution in [2.24, 2.45) is 10.7 Å². The average molecular weight is 614 g/mol. The third-order valence-corrected chi connectivity index (χ3v) is 8.45. The number of anilines is 1. The van der Waals surface area contributed by atoms with E-state index in [2.05, 4.69) is 29.4 Å². The summed E-state index contributed by atoms with van der Waals surface area (Å²) in [6.45, 7) is 6.49. The number of nitrogens with one attached hydrogen (secondary N) is 1. The molecule has 12 heteroatoms. The van der Waals surface area contributed by atoms with Crippen molar-refractivity contribution in [3.05, 3.63) is 91.8 Å². The average Bonchev–Trinajstić information content (AvgIpc) is 3.40. The maximum Gasteiger partial charge on any atom is 0.336 e. The van der Waals surface area contributed by atoms with Gasteiger partial charge in [0, 0.05) is 26.7 Å². The predicted molar refractivity (Wildman–Crippen MR) is 165 cm³/mol. The van der Waals surface area contributed by atoms with Gasteiger partial charge in [0.1, 0.15) is 16.9 Å². The largest absolute Gasteiger partial charge is 0.478 e. The Hall–Kier alpha value is -3.57. The normalized spacial score (nSPS) is 13.9. The van der Waals surface area contributed by atoms with E-state index in [9.17, 15) is 14.7 Å². The Morgan fingerprint density at radius 3 is 2.54 bits per heavy atom. The summed E-state index contributed by atoms with van der Waals surface area (Å²) in [6.07, 6.45) is 1.21. The van der Waals surface area contributed by atoms with E-state index in [1.165, 1.54) is 6.07 Å². The number of aliphatic imine (C=N–C) groups is 1. The van der Waals surface area contributed by atoms with E-state index in [4.69, 9.17) is 22.3 Å². The molecule has 0 saturated heterocycles. The molecule has 3 heterocycles. The zero-order valence-corrected chi connectivity index (χ0v) is 25.2. The number of hydrogen-bond donors (Lipinski definition) is 3. The molecule has 0 fully saturated rings. The van der Waals surface area contributed by atoms with Gasteiger partial charge in [0.15, 0.2) is 5.82 Å². The molecule has 0 radical (unpaired) electrons. The van der Waals surface area contributed by atoms with Gasteiger partial charge in [-0.05, 0) is 75.5 Å². The Balaban J connectivity index is 0.00000387. The third-order valence-electron chi connectivity index (χ3n) is 7.01. The molecular weight excluding hydrogens is 583 g/mol. The van der Waals surface area contributed by atoms with Crippen molar-refractivity contribution in [1.29, 1.82) is 0 Å². The SMILES string of the molecule is Cc1sc2c(c1C)C(c1ccc(Cl)cc1)=N[C@@H](CC(=O)Nc1ccc(CCCN)c(C(=O)O)c1)c1nnc(C)n1-2.Cl. The van der Waals surface area contributed by atoms with Crippen LogP contribution in [0.5, 0.6) is 0 Å². The number of aromatic carboxylic acids is 1. The minimum absolute atomic E-state index is 0. The van der Waals surface area contributed by atoms with Crippen molar-refractivity contribution in [2.45, 2.75) is 46.1 Å². The molecular formula is C29H30Cl2N6O3S. The quantitative estimate of drug-likeness (QED) is 0.229. The number of fused-ring (bicyclic) bond motifs is 3. The summed E-state index contributed by atoms with van der Waals surface area (Å²) in [5.41, 5.74) is 10.5. The highest BCUT2D eigenvalue weighted by Gasteiger charge is 2.32. The van der Waals surface area contributed by atoms with E-state index < -0.39 is 12.0 Å². The van der Waals surface area contributed by atoms with Crippen LogP contribution in [0.2, 0.25) is 5.02 Å². The molecule has 0 unspecified atom stereocenters. The van der Waals surface area contributed by atoms with Crippen LogP contribution in [0.1, 0.15) is 68.0 Å². The van der Waals surface area contributed by atoms with Crippen LogP contribution >= 0.6 is 35.3 Å². The number of amides is 1. The van der Waals surface area contributed by atoms with Gasteiger partial charge in [0.25, 0.3) is 0 Å². The maximum absolute atomic E-state index is 13.4. The van der Waals surface area contributed by atoms with Gasteiger partial charge in [-0.2, -0.15) is 0 Å². The van der Waals surface area contributed by atoms with Crippen LogP contribution in [0.15, 0.2) is 47.5 Å². The van der Waals surface area contributed by atoms with Crippen molar-refractivity contribution in [2.75, 3.05) is 11.9 Å². The van der Waals surface area contributed by atoms with Gasteiger partial charge in [-0.25, -0.2) is 4.79 Å². The number of halogens is 2. The molecule has 41 heavy (non-hydrogen) atoms. The van der Waals surface area contributed by atoms with Crippen molar-refractivity contribution in [3.63, 3.8) is 0 Å². The zero-order valence-electron chi connectivity index (χ0n) is 22.8. The minimum atomic E-state index is -1.05. The lowest BCUT2D eigenvalue weighted by Gasteiger charge is -2.14. The Morgan fingerprint density at radius 2 is 1.85 bits per heavy atom. The molecule has 0 spiro atoms. The number of carboxylic acids is 1. The fraction of sp³-hybridized carbons (Fsp3) is 0.276. The highest BCUT2D eigenvalue weighted by molar-refractivity contribution is 7.15. The molecule has 1 aliphatic heterocycles. The van der Waals surface area contributed by atoms with Crippen LogP contribution in [-0.2, 0) is 11.2 Å². The lowest BCUT2D eigenvalue weighted by atomic mass is 9.99. The van der Waals surface area contributed by atoms with Gasteiger partial charge in [0.05, 0.1) is 17.7 Å². The third kappa shape index (κ3) is 6.06. The maximum atomic E-state index is 13.4. The summed E-state index contributed by atoms with van der Waals surface area (Å²) in [7, 11) is 0. The van der Waals surface area contributed by atoms with E-state index >= 15 is 0 Å². The number of carbonyl (C=O) groups excluding carboxylic acids is 1. The number of benzene rings is 2. The summed E-state index contributed by atoms with van der Waals surface area (Å²) >= 11 is 7.82. The number of carboxylic acid groups (broad SMARTS) is 1. The van der Waals surface area contributed by atoms with Gasteiger partial charge in [-0.1, -0.05) is 29.8 Å². The number of rotatable bonds is 8. The second-order valence-corrected chi connectivity index (χ2v) is 11.4. The molecule has 0 bridgehead atoms. The molecule has 1 atom stereocenters. The molecule has 1 aliphatic rings. The van der Waals surface area contributed by atoms with Crippen LogP contribution < -0.4 is 11.1 Å². The topological polar surface area (TPSA) is 135 Å². The first-order valence-electron chi connectivity index (χ1n) is 12.9. The van der Waals surface area contributed by atoms with Crippen LogP contribution in [0.4, 0.5) is 5.69 Å². The van der Waals surface area contributed by atoms with E-state index in [0.717, 1.165) is 32.3 Å². The lowest BCUT2D eigenvalue weighted by molar-refractivity contribution is -0.116. The summed E-state index contributed by atoms with van der Waals surface area (Å²) in [5.74, 6) is -0.0952. The summed E-state index contributed by atoms with van der Waals surface area (Å²) in [5, 5.41) is 22.9. The van der Waals surface area contributed by atoms with Gasteiger partial charge in [-0.3, -0.25) is 14.4 Å². The van der Waals surface area contributed by atoms with Gasteiger partial charge in [-0.15, -0.1) is 33.9 Å². The molecule has 4 N–H and O–H groups in total. The first-order valence-corrected chi connectivity index (χ1v) is 14.1. The van der Waals surface area contributed by atoms with Gasteiger partial charge < -0.3 is 16.2 Å². The summed E-state index contributed by atoms with van der Waals surface area (Å²) in [6, 6.07) is 11.8. The molecule has 214 valence electrons. The summed E-state index contributed by atoms with van der Waals surface area (Å²) in [4.78, 5) is 31.5. The van der Waals surface area contributed by atoms with Crippen molar-refractivity contribution >= 4 is 58.6 Å². The smallest absolute Gasteiger partial charge is 0.336 e. The molecule has 0 saturated carbocycles. The number of aromatic nitrogens is 3. The first kappa shape index (κ1) is 30.4. The minimum Gasteiger partial charge on any atom is -0.478 e. The number of carbonyl (C=O) groups is 2. The molecule has 9 nitrogen and oxygen atoms in total. The van der Waals surface area contributed by atoms with Crippen molar-refractivity contribution in [1.82, 2.24) is 14.8 Å². The second kappa shape index (κ2) is 12.5. The van der Waals surface area contributed by atoms with E-state index in [0.29, 0.717) is 47.3 Å². The van der Waals surface area contributed by atoms with E-state index in [1.54, 1.807) is 23.5 Å². The number of nitrogens with zero attached hydrogens (tertiary/aromatic N) is 4. The van der Waals surface area contributed by atoms with Crippen LogP contribution in [0.25, 0.3) is 5.00 Å². The Morgan fingerprint density at radius 1 is 1.12 bits per heavy atom. The van der Waals surface area contributed by atoms with Gasteiger partial charge in [0.2, 0.25) is 5.91 Å². The first-order chi connectivity index (χ1) is 19.2. The Labute approximate surface area is 252 Å². The Bertz CT molecular complexity index is 1640. The molecule has 5 rings (SSSR count). The molecule has 4 aromatic rings. The van der Waals surface area contributed by atoms with E-state index in [1.807, 2.05) is 35.8 Å². The standard InChI is InChI=1S/C29H29ClN6O3S.ClH/c1-15-16(2)40-28-25(15)26(19-6-9-20(30)10-7-19)33-23(27-35-34-17(3)36(27)28)14-24(37)32-21-11-8-18(5-4-12-31)22(13-21)29(38)39;/h6-11,13,23H,4-5,12,14,31H2,1-3H3,(H,32,37)(H,38,39);1H/t23-;/m0./s1. The van der Waals surface area contributed by atoms with Crippen molar-refractivity contribution in [3.8, 4) is 5.00 Å². The highest BCUT2D eigenvalue weighted by atomic mass is 35.5. The molecule has 0 aliphatic carbocycles. The number of thiophene rings is 1. The predicted octanol–water partition coefficient (Wildman–Crippen LogP) is 5.84. The zero-order chi connectivity index (χ0) is 28.6. The second-order valence-electron chi connectivity index (χ2n) is 9.73.